The summed E-state index contributed by atoms with van der Waals surface area (Å²) in [4.78, 5) is 26.0. The Morgan fingerprint density at radius 2 is 1.59 bits per heavy atom. The molecule has 0 aromatic heterocycles. The highest BCUT2D eigenvalue weighted by Gasteiger charge is 2.42. The molecule has 0 radical (unpaired) electrons. The standard InChI is InChI=1S/C26H27NO5/c28-24(29)13-12-23(32-22-8-2-1-3-9-22)26(31)14-16-27(17-15-26)25(30)21-11-10-19-6-4-5-7-20(19)18-21/h1-11,18,23,31H,12-17H2,(H,28,29). The summed E-state index contributed by atoms with van der Waals surface area (Å²) in [5.74, 6) is -0.408. The molecule has 0 aliphatic carbocycles. The number of carbonyl (C=O) groups excluding carboxylic acids is 1. The lowest BCUT2D eigenvalue weighted by Gasteiger charge is -2.42. The fraction of sp³-hybridized carbons (Fsp3) is 0.308. The first-order chi connectivity index (χ1) is 15.4. The van der Waals surface area contributed by atoms with E-state index in [9.17, 15) is 14.7 Å². The third kappa shape index (κ3) is 4.92. The lowest BCUT2D eigenvalue weighted by molar-refractivity contribution is -0.139. The number of ether oxygens (including phenoxy) is 1. The Balaban J connectivity index is 1.45. The highest BCUT2D eigenvalue weighted by molar-refractivity contribution is 5.98. The van der Waals surface area contributed by atoms with Gasteiger partial charge in [-0.15, -0.1) is 0 Å². The van der Waals surface area contributed by atoms with Crippen LogP contribution in [0.15, 0.2) is 72.8 Å². The smallest absolute Gasteiger partial charge is 0.303 e. The number of aliphatic carboxylic acids is 1. The van der Waals surface area contributed by atoms with Gasteiger partial charge in [-0.2, -0.15) is 0 Å². The average Bonchev–Trinajstić information content (AvgIpc) is 2.82. The largest absolute Gasteiger partial charge is 0.487 e. The fourth-order valence-electron chi connectivity index (χ4n) is 4.28. The van der Waals surface area contributed by atoms with Crippen molar-refractivity contribution in [3.05, 3.63) is 78.4 Å². The Bertz CT molecular complexity index is 1090. The van der Waals surface area contributed by atoms with Crippen molar-refractivity contribution in [1.29, 1.82) is 0 Å². The molecule has 3 aromatic carbocycles. The molecule has 1 atom stereocenters. The molecular formula is C26H27NO5. The number of hydrogen-bond acceptors (Lipinski definition) is 4. The van der Waals surface area contributed by atoms with Crippen LogP contribution < -0.4 is 4.74 Å². The third-order valence-electron chi connectivity index (χ3n) is 6.15. The van der Waals surface area contributed by atoms with Gasteiger partial charge in [-0.25, -0.2) is 0 Å². The van der Waals surface area contributed by atoms with Crippen molar-refractivity contribution < 1.29 is 24.5 Å². The number of benzene rings is 3. The molecule has 32 heavy (non-hydrogen) atoms. The second-order valence-corrected chi connectivity index (χ2v) is 8.31. The van der Waals surface area contributed by atoms with E-state index in [2.05, 4.69) is 0 Å². The number of aliphatic hydroxyl groups is 1. The first-order valence-corrected chi connectivity index (χ1v) is 10.9. The molecule has 0 bridgehead atoms. The molecule has 166 valence electrons. The molecule has 1 heterocycles. The van der Waals surface area contributed by atoms with E-state index >= 15 is 0 Å². The molecule has 1 aliphatic rings. The maximum absolute atomic E-state index is 13.1. The van der Waals surface area contributed by atoms with Crippen molar-refractivity contribution in [2.45, 2.75) is 37.4 Å². The van der Waals surface area contributed by atoms with Crippen LogP contribution in [0, 0.1) is 0 Å². The maximum Gasteiger partial charge on any atom is 0.303 e. The molecule has 0 saturated carbocycles. The average molecular weight is 434 g/mol. The molecule has 1 amide bonds. The first-order valence-electron chi connectivity index (χ1n) is 10.9. The molecule has 6 heteroatoms. The number of carboxylic acid groups (broad SMARTS) is 1. The zero-order valence-corrected chi connectivity index (χ0v) is 17.8. The Morgan fingerprint density at radius 1 is 0.938 bits per heavy atom. The van der Waals surface area contributed by atoms with E-state index in [0.29, 0.717) is 37.2 Å². The van der Waals surface area contributed by atoms with Gasteiger partial charge >= 0.3 is 5.97 Å². The Kier molecular flexibility index (Phi) is 6.42. The summed E-state index contributed by atoms with van der Waals surface area (Å²) in [7, 11) is 0. The van der Waals surface area contributed by atoms with Crippen molar-refractivity contribution in [2.75, 3.05) is 13.1 Å². The quantitative estimate of drug-likeness (QED) is 0.585. The van der Waals surface area contributed by atoms with Crippen LogP contribution in [0.5, 0.6) is 5.75 Å². The number of carboxylic acids is 1. The van der Waals surface area contributed by atoms with Crippen LogP contribution in [0.1, 0.15) is 36.0 Å². The van der Waals surface area contributed by atoms with E-state index in [1.807, 2.05) is 60.7 Å². The van der Waals surface area contributed by atoms with Crippen molar-refractivity contribution >= 4 is 22.6 Å². The van der Waals surface area contributed by atoms with Gasteiger partial charge in [-0.05, 0) is 54.3 Å². The summed E-state index contributed by atoms with van der Waals surface area (Å²) >= 11 is 0. The number of piperidine rings is 1. The number of para-hydroxylation sites is 1. The van der Waals surface area contributed by atoms with Crippen molar-refractivity contribution in [2.24, 2.45) is 0 Å². The number of hydrogen-bond donors (Lipinski definition) is 2. The predicted molar refractivity (Wildman–Crippen MR) is 122 cm³/mol. The van der Waals surface area contributed by atoms with E-state index in [1.165, 1.54) is 0 Å². The highest BCUT2D eigenvalue weighted by atomic mass is 16.5. The minimum Gasteiger partial charge on any atom is -0.487 e. The third-order valence-corrected chi connectivity index (χ3v) is 6.15. The lowest BCUT2D eigenvalue weighted by Crippen LogP contribution is -2.54. The minimum absolute atomic E-state index is 0.0659. The normalized spacial score (nSPS) is 16.5. The number of rotatable bonds is 7. The minimum atomic E-state index is -1.20. The summed E-state index contributed by atoms with van der Waals surface area (Å²) in [6.07, 6.45) is 0.0742. The van der Waals surface area contributed by atoms with E-state index in [1.54, 1.807) is 17.0 Å². The van der Waals surface area contributed by atoms with Crippen LogP contribution in [0.2, 0.25) is 0 Å². The second kappa shape index (κ2) is 9.40. The predicted octanol–water partition coefficient (Wildman–Crippen LogP) is 4.12. The number of nitrogens with zero attached hydrogens (tertiary/aromatic N) is 1. The van der Waals surface area contributed by atoms with Gasteiger partial charge in [-0.3, -0.25) is 9.59 Å². The number of amides is 1. The number of fused-ring (bicyclic) bond motifs is 1. The molecule has 0 spiro atoms. The molecule has 2 N–H and O–H groups in total. The maximum atomic E-state index is 13.1. The second-order valence-electron chi connectivity index (χ2n) is 8.31. The van der Waals surface area contributed by atoms with Crippen LogP contribution in [0.4, 0.5) is 0 Å². The van der Waals surface area contributed by atoms with Gasteiger partial charge in [0.15, 0.2) is 0 Å². The van der Waals surface area contributed by atoms with Gasteiger partial charge < -0.3 is 19.8 Å². The molecule has 1 saturated heterocycles. The molecular weight excluding hydrogens is 406 g/mol. The van der Waals surface area contributed by atoms with E-state index in [4.69, 9.17) is 9.84 Å². The van der Waals surface area contributed by atoms with Crippen LogP contribution in [-0.4, -0.2) is 51.8 Å². The van der Waals surface area contributed by atoms with E-state index in [-0.39, 0.29) is 18.7 Å². The van der Waals surface area contributed by atoms with Gasteiger partial charge in [0.05, 0.1) is 0 Å². The highest BCUT2D eigenvalue weighted by Crippen LogP contribution is 2.32. The summed E-state index contributed by atoms with van der Waals surface area (Å²) in [5, 5.41) is 22.6. The Hall–Kier alpha value is -3.38. The van der Waals surface area contributed by atoms with Gasteiger partial charge in [0.1, 0.15) is 17.5 Å². The monoisotopic (exact) mass is 433 g/mol. The van der Waals surface area contributed by atoms with Gasteiger partial charge in [0, 0.05) is 25.1 Å². The van der Waals surface area contributed by atoms with Crippen LogP contribution >= 0.6 is 0 Å². The van der Waals surface area contributed by atoms with Gasteiger partial charge in [-0.1, -0.05) is 48.5 Å². The van der Waals surface area contributed by atoms with Crippen LogP contribution in [0.3, 0.4) is 0 Å². The van der Waals surface area contributed by atoms with E-state index < -0.39 is 17.7 Å². The molecule has 1 fully saturated rings. The fourth-order valence-corrected chi connectivity index (χ4v) is 4.28. The summed E-state index contributed by atoms with van der Waals surface area (Å²) in [6.45, 7) is 0.758. The Morgan fingerprint density at radius 3 is 2.28 bits per heavy atom. The van der Waals surface area contributed by atoms with Crippen LogP contribution in [-0.2, 0) is 4.79 Å². The lowest BCUT2D eigenvalue weighted by atomic mass is 9.83. The summed E-state index contributed by atoms with van der Waals surface area (Å²) in [5.41, 5.74) is -0.581. The molecule has 6 nitrogen and oxygen atoms in total. The van der Waals surface area contributed by atoms with Crippen molar-refractivity contribution in [3.63, 3.8) is 0 Å². The summed E-state index contributed by atoms with van der Waals surface area (Å²) in [6, 6.07) is 22.7. The topological polar surface area (TPSA) is 87.1 Å². The number of carbonyl (C=O) groups is 2. The summed E-state index contributed by atoms with van der Waals surface area (Å²) < 4.78 is 6.02. The molecule has 3 aromatic rings. The van der Waals surface area contributed by atoms with Crippen molar-refractivity contribution in [3.8, 4) is 5.75 Å². The SMILES string of the molecule is O=C(O)CCC(Oc1ccccc1)C1(O)CCN(C(=O)c2ccc3ccccc3c2)CC1. The van der Waals surface area contributed by atoms with Gasteiger partial charge in [0.25, 0.3) is 5.91 Å². The van der Waals surface area contributed by atoms with Gasteiger partial charge in [0.2, 0.25) is 0 Å². The number of likely N-dealkylation sites (tertiary alicyclic amines) is 1. The zero-order chi connectivity index (χ0) is 22.6. The van der Waals surface area contributed by atoms with Crippen LogP contribution in [0.25, 0.3) is 10.8 Å². The molecule has 1 unspecified atom stereocenters. The molecule has 4 rings (SSSR count). The van der Waals surface area contributed by atoms with E-state index in [0.717, 1.165) is 10.8 Å². The molecule has 1 aliphatic heterocycles. The van der Waals surface area contributed by atoms with Crippen molar-refractivity contribution in [1.82, 2.24) is 4.90 Å². The Labute approximate surface area is 187 Å². The zero-order valence-electron chi connectivity index (χ0n) is 17.8. The first kappa shape index (κ1) is 21.8.